The molecule has 0 N–H and O–H groups in total. The summed E-state index contributed by atoms with van der Waals surface area (Å²) in [7, 11) is 1.66. The summed E-state index contributed by atoms with van der Waals surface area (Å²) >= 11 is 0. The molecule has 0 aliphatic rings. The molecular formula is C13H17NO. The van der Waals surface area contributed by atoms with Gasteiger partial charge in [-0.25, -0.2) is 4.99 Å². The molecule has 1 aromatic rings. The van der Waals surface area contributed by atoms with Gasteiger partial charge in [0.15, 0.2) is 0 Å². The van der Waals surface area contributed by atoms with E-state index < -0.39 is 0 Å². The number of methoxy groups -OCH3 is 1. The molecule has 1 rings (SSSR count). The molecule has 0 bridgehead atoms. The molecule has 2 nitrogen and oxygen atoms in total. The maximum atomic E-state index is 5.29. The van der Waals surface area contributed by atoms with Crippen molar-refractivity contribution < 1.29 is 4.74 Å². The summed E-state index contributed by atoms with van der Waals surface area (Å²) in [5.41, 5.74) is 4.15. The van der Waals surface area contributed by atoms with Crippen molar-refractivity contribution in [3.8, 4) is 5.75 Å². The molecule has 0 fully saturated rings. The minimum absolute atomic E-state index is 0.805. The van der Waals surface area contributed by atoms with E-state index in [0.717, 1.165) is 22.7 Å². The molecule has 0 aliphatic carbocycles. The highest BCUT2D eigenvalue weighted by Gasteiger charge is 2.07. The van der Waals surface area contributed by atoms with E-state index in [1.807, 2.05) is 26.0 Å². The monoisotopic (exact) mass is 203 g/mol. The molecule has 15 heavy (non-hydrogen) atoms. The molecule has 0 unspecified atom stereocenters. The van der Waals surface area contributed by atoms with Crippen LogP contribution in [0, 0.1) is 13.8 Å². The summed E-state index contributed by atoms with van der Waals surface area (Å²) in [6, 6.07) is 3.98. The van der Waals surface area contributed by atoms with E-state index in [-0.39, 0.29) is 0 Å². The second-order valence-corrected chi connectivity index (χ2v) is 3.52. The molecule has 0 spiro atoms. The molecule has 0 heterocycles. The van der Waals surface area contributed by atoms with E-state index >= 15 is 0 Å². The third-order valence-electron chi connectivity index (χ3n) is 2.47. The minimum atomic E-state index is 0.805. The average molecular weight is 203 g/mol. The first-order valence-electron chi connectivity index (χ1n) is 4.92. The second-order valence-electron chi connectivity index (χ2n) is 3.52. The number of allylic oxidation sites excluding steroid dienone is 1. The van der Waals surface area contributed by atoms with Crippen molar-refractivity contribution in [2.75, 3.05) is 7.11 Å². The Balaban J connectivity index is 3.36. The van der Waals surface area contributed by atoms with Crippen LogP contribution in [0.3, 0.4) is 0 Å². The van der Waals surface area contributed by atoms with Gasteiger partial charge in [-0.3, -0.25) is 0 Å². The molecule has 0 amide bonds. The summed E-state index contributed by atoms with van der Waals surface area (Å²) in [5.74, 6) is 0.805. The molecule has 0 atom stereocenters. The van der Waals surface area contributed by atoms with Gasteiger partial charge >= 0.3 is 0 Å². The van der Waals surface area contributed by atoms with Gasteiger partial charge in [-0.05, 0) is 44.0 Å². The summed E-state index contributed by atoms with van der Waals surface area (Å²) in [6.45, 7) is 9.73. The highest BCUT2D eigenvalue weighted by Crippen LogP contribution is 2.33. The maximum absolute atomic E-state index is 5.29. The third-order valence-corrected chi connectivity index (χ3v) is 2.47. The number of benzene rings is 1. The van der Waals surface area contributed by atoms with Gasteiger partial charge in [0.25, 0.3) is 0 Å². The van der Waals surface area contributed by atoms with Crippen LogP contribution in [0.4, 0.5) is 5.69 Å². The van der Waals surface area contributed by atoms with E-state index in [1.54, 1.807) is 13.2 Å². The van der Waals surface area contributed by atoms with E-state index in [2.05, 4.69) is 18.5 Å². The Bertz CT molecular complexity index is 405. The topological polar surface area (TPSA) is 21.6 Å². The first-order valence-corrected chi connectivity index (χ1v) is 4.92. The van der Waals surface area contributed by atoms with Crippen LogP contribution in [-0.4, -0.2) is 12.8 Å². The molecule has 0 radical (unpaired) electrons. The minimum Gasteiger partial charge on any atom is -0.494 e. The van der Waals surface area contributed by atoms with Gasteiger partial charge in [-0.15, -0.1) is 0 Å². The van der Waals surface area contributed by atoms with E-state index in [0.29, 0.717) is 0 Å². The number of hydrogen-bond donors (Lipinski definition) is 0. The molecule has 2 heteroatoms. The van der Waals surface area contributed by atoms with Gasteiger partial charge in [0.2, 0.25) is 0 Å². The number of aryl methyl sites for hydroxylation is 1. The Morgan fingerprint density at radius 2 is 2.07 bits per heavy atom. The highest BCUT2D eigenvalue weighted by molar-refractivity contribution is 5.95. The Morgan fingerprint density at radius 3 is 2.60 bits per heavy atom. The first-order chi connectivity index (χ1) is 7.10. The van der Waals surface area contributed by atoms with Crippen molar-refractivity contribution in [2.24, 2.45) is 4.99 Å². The van der Waals surface area contributed by atoms with Crippen LogP contribution in [-0.2, 0) is 0 Å². The van der Waals surface area contributed by atoms with Gasteiger partial charge in [-0.1, -0.05) is 12.6 Å². The molecule has 0 saturated carbocycles. The quantitative estimate of drug-likeness (QED) is 0.688. The molecule has 0 aliphatic heterocycles. The lowest BCUT2D eigenvalue weighted by atomic mass is 10.1. The van der Waals surface area contributed by atoms with E-state index in [9.17, 15) is 0 Å². The zero-order valence-corrected chi connectivity index (χ0v) is 9.79. The van der Waals surface area contributed by atoms with Crippen LogP contribution >= 0.6 is 0 Å². The Kier molecular flexibility index (Phi) is 3.67. The molecule has 1 aromatic carbocycles. The van der Waals surface area contributed by atoms with E-state index in [4.69, 9.17) is 4.74 Å². The summed E-state index contributed by atoms with van der Waals surface area (Å²) in [5, 5.41) is 0. The number of rotatable bonds is 3. The Labute approximate surface area is 91.3 Å². The van der Waals surface area contributed by atoms with E-state index in [1.165, 1.54) is 5.56 Å². The second kappa shape index (κ2) is 4.78. The largest absolute Gasteiger partial charge is 0.494 e. The zero-order valence-electron chi connectivity index (χ0n) is 9.79. The van der Waals surface area contributed by atoms with Crippen molar-refractivity contribution in [1.29, 1.82) is 0 Å². The lowest BCUT2D eigenvalue weighted by molar-refractivity contribution is 0.416. The standard InChI is InChI=1S/C13H17NO/c1-6-10(3)14-13-11(4)9(2)7-8-12(13)15-5/h6-8H,1H2,2-5H3/b14-10-. The molecule has 0 saturated heterocycles. The summed E-state index contributed by atoms with van der Waals surface area (Å²) < 4.78 is 5.29. The van der Waals surface area contributed by atoms with Crippen LogP contribution in [0.2, 0.25) is 0 Å². The third kappa shape index (κ3) is 2.46. The van der Waals surface area contributed by atoms with Gasteiger partial charge in [-0.2, -0.15) is 0 Å². The number of nitrogens with zero attached hydrogens (tertiary/aromatic N) is 1. The molecular weight excluding hydrogens is 186 g/mol. The Hall–Kier alpha value is -1.57. The summed E-state index contributed by atoms with van der Waals surface area (Å²) in [4.78, 5) is 4.48. The van der Waals surface area contributed by atoms with Crippen molar-refractivity contribution in [3.05, 3.63) is 35.9 Å². The van der Waals surface area contributed by atoms with Crippen LogP contribution in [0.5, 0.6) is 5.75 Å². The molecule has 0 aromatic heterocycles. The van der Waals surface area contributed by atoms with Gasteiger partial charge in [0.05, 0.1) is 7.11 Å². The maximum Gasteiger partial charge on any atom is 0.144 e. The number of ether oxygens (including phenoxy) is 1. The SMILES string of the molecule is C=C/C(C)=N\c1c(OC)ccc(C)c1C. The van der Waals surface area contributed by atoms with Crippen LogP contribution in [0.25, 0.3) is 0 Å². The fourth-order valence-electron chi connectivity index (χ4n) is 1.30. The average Bonchev–Trinajstić information content (AvgIpc) is 2.25. The van der Waals surface area contributed by atoms with Crippen molar-refractivity contribution in [3.63, 3.8) is 0 Å². The first kappa shape index (κ1) is 11.5. The highest BCUT2D eigenvalue weighted by atomic mass is 16.5. The number of aliphatic imine (C=N–C) groups is 1. The van der Waals surface area contributed by atoms with Crippen molar-refractivity contribution in [2.45, 2.75) is 20.8 Å². The smallest absolute Gasteiger partial charge is 0.144 e. The lowest BCUT2D eigenvalue weighted by Crippen LogP contribution is -1.91. The van der Waals surface area contributed by atoms with Gasteiger partial charge in [0.1, 0.15) is 11.4 Å². The number of hydrogen-bond acceptors (Lipinski definition) is 2. The lowest BCUT2D eigenvalue weighted by Gasteiger charge is -2.10. The van der Waals surface area contributed by atoms with Crippen LogP contribution < -0.4 is 4.74 Å². The molecule has 80 valence electrons. The fraction of sp³-hybridized carbons (Fsp3) is 0.308. The van der Waals surface area contributed by atoms with Gasteiger partial charge in [0, 0.05) is 5.71 Å². The predicted molar refractivity (Wildman–Crippen MR) is 65.4 cm³/mol. The Morgan fingerprint density at radius 1 is 1.40 bits per heavy atom. The summed E-state index contributed by atoms with van der Waals surface area (Å²) in [6.07, 6.45) is 1.74. The normalized spacial score (nSPS) is 11.3. The predicted octanol–water partition coefficient (Wildman–Crippen LogP) is 3.59. The van der Waals surface area contributed by atoms with Gasteiger partial charge < -0.3 is 4.74 Å². The van der Waals surface area contributed by atoms with Crippen LogP contribution in [0.15, 0.2) is 29.8 Å². The fourth-order valence-corrected chi connectivity index (χ4v) is 1.30. The zero-order chi connectivity index (χ0) is 11.4. The van der Waals surface area contributed by atoms with Crippen LogP contribution in [0.1, 0.15) is 18.1 Å². The van der Waals surface area contributed by atoms with Crippen molar-refractivity contribution in [1.82, 2.24) is 0 Å². The van der Waals surface area contributed by atoms with Crippen molar-refractivity contribution >= 4 is 11.4 Å².